The summed E-state index contributed by atoms with van der Waals surface area (Å²) in [4.78, 5) is 24.9. The lowest BCUT2D eigenvalue weighted by Crippen LogP contribution is -2.06. The number of nitro groups is 1. The molecule has 0 saturated carbocycles. The minimum atomic E-state index is -0.406. The molecule has 28 heavy (non-hydrogen) atoms. The van der Waals surface area contributed by atoms with Crippen molar-refractivity contribution in [3.8, 4) is 10.6 Å². The zero-order valence-electron chi connectivity index (χ0n) is 15.7. The number of rotatable bonds is 8. The number of nitrogens with zero attached hydrogens (tertiary/aromatic N) is 4. The van der Waals surface area contributed by atoms with E-state index in [1.54, 1.807) is 32.4 Å². The van der Waals surface area contributed by atoms with E-state index in [2.05, 4.69) is 25.6 Å². The van der Waals surface area contributed by atoms with Crippen molar-refractivity contribution >= 4 is 33.8 Å². The second-order valence-corrected chi connectivity index (χ2v) is 7.00. The monoisotopic (exact) mass is 400 g/mol. The summed E-state index contributed by atoms with van der Waals surface area (Å²) >= 11 is 1.50. The number of nitrogens with one attached hydrogen (secondary N) is 2. The second-order valence-electron chi connectivity index (χ2n) is 6.00. The normalized spacial score (nSPS) is 10.7. The highest BCUT2D eigenvalue weighted by Crippen LogP contribution is 2.32. The molecule has 3 rings (SSSR count). The molecule has 1 aromatic carbocycles. The van der Waals surface area contributed by atoms with Gasteiger partial charge in [-0.3, -0.25) is 10.1 Å². The smallest absolute Gasteiger partial charge is 0.274 e. The quantitative estimate of drug-likeness (QED) is 0.332. The summed E-state index contributed by atoms with van der Waals surface area (Å²) in [5, 5.41) is 18.2. The fourth-order valence-electron chi connectivity index (χ4n) is 2.53. The first kappa shape index (κ1) is 19.6. The molecule has 146 valence electrons. The van der Waals surface area contributed by atoms with Gasteiger partial charge in [0.15, 0.2) is 5.13 Å². The third-order valence-corrected chi connectivity index (χ3v) is 5.07. The number of thiazole rings is 1. The summed E-state index contributed by atoms with van der Waals surface area (Å²) in [6, 6.07) is 6.73. The van der Waals surface area contributed by atoms with Gasteiger partial charge in [-0.2, -0.15) is 0 Å². The van der Waals surface area contributed by atoms with E-state index in [-0.39, 0.29) is 5.69 Å². The fourth-order valence-corrected chi connectivity index (χ4v) is 3.49. The van der Waals surface area contributed by atoms with E-state index >= 15 is 0 Å². The van der Waals surface area contributed by atoms with Crippen LogP contribution in [-0.2, 0) is 4.74 Å². The maximum absolute atomic E-state index is 11.1. The van der Waals surface area contributed by atoms with Crippen molar-refractivity contribution < 1.29 is 9.66 Å². The van der Waals surface area contributed by atoms with Gasteiger partial charge in [0.2, 0.25) is 5.95 Å². The second kappa shape index (κ2) is 8.72. The number of aryl methyl sites for hydroxylation is 2. The van der Waals surface area contributed by atoms with Crippen molar-refractivity contribution in [2.24, 2.45) is 0 Å². The van der Waals surface area contributed by atoms with Gasteiger partial charge in [-0.25, -0.2) is 15.0 Å². The summed E-state index contributed by atoms with van der Waals surface area (Å²) in [6.45, 7) is 4.89. The topological polar surface area (TPSA) is 115 Å². The Hall–Kier alpha value is -3.11. The number of aromatic nitrogens is 3. The van der Waals surface area contributed by atoms with Crippen LogP contribution < -0.4 is 10.6 Å². The number of nitro benzene ring substituents is 1. The van der Waals surface area contributed by atoms with Crippen molar-refractivity contribution in [3.63, 3.8) is 0 Å². The molecule has 0 bridgehead atoms. The number of hydrogen-bond donors (Lipinski definition) is 2. The molecule has 2 N–H and O–H groups in total. The van der Waals surface area contributed by atoms with Gasteiger partial charge in [-0.05, 0) is 26.0 Å². The number of hydrogen-bond acceptors (Lipinski definition) is 9. The molecule has 0 aliphatic heterocycles. The first-order valence-electron chi connectivity index (χ1n) is 8.53. The van der Waals surface area contributed by atoms with Gasteiger partial charge in [0.25, 0.3) is 5.69 Å². The van der Waals surface area contributed by atoms with E-state index in [0.717, 1.165) is 21.4 Å². The Bertz CT molecular complexity index is 991. The predicted octanol–water partition coefficient (Wildman–Crippen LogP) is 3.93. The highest BCUT2D eigenvalue weighted by atomic mass is 32.1. The zero-order valence-corrected chi connectivity index (χ0v) is 16.5. The van der Waals surface area contributed by atoms with Gasteiger partial charge in [0.1, 0.15) is 0 Å². The van der Waals surface area contributed by atoms with Crippen molar-refractivity contribution in [2.75, 3.05) is 30.9 Å². The van der Waals surface area contributed by atoms with Crippen molar-refractivity contribution in [2.45, 2.75) is 13.8 Å². The lowest BCUT2D eigenvalue weighted by atomic mass is 10.2. The van der Waals surface area contributed by atoms with E-state index < -0.39 is 4.92 Å². The molecule has 0 atom stereocenters. The van der Waals surface area contributed by atoms with Crippen LogP contribution in [0.2, 0.25) is 0 Å². The zero-order chi connectivity index (χ0) is 20.1. The molecule has 0 unspecified atom stereocenters. The molecule has 0 aliphatic carbocycles. The van der Waals surface area contributed by atoms with Crippen LogP contribution in [0.1, 0.15) is 11.3 Å². The Morgan fingerprint density at radius 1 is 1.25 bits per heavy atom. The molecular formula is C18H20N6O3S. The minimum absolute atomic E-state index is 0.0474. The Balaban J connectivity index is 1.81. The summed E-state index contributed by atoms with van der Waals surface area (Å²) in [5.74, 6) is 0.359. The largest absolute Gasteiger partial charge is 0.383 e. The lowest BCUT2D eigenvalue weighted by molar-refractivity contribution is -0.385. The van der Waals surface area contributed by atoms with Crippen LogP contribution in [0.25, 0.3) is 10.6 Å². The average molecular weight is 400 g/mol. The molecule has 0 radical (unpaired) electrons. The SMILES string of the molecule is COCCNc1nc(C)c(-c2ccnc(Nc3ccc(C)c([N+](=O)[O-])c3)n2)s1. The van der Waals surface area contributed by atoms with E-state index in [1.807, 2.05) is 13.0 Å². The molecule has 10 heteroatoms. The third kappa shape index (κ3) is 4.59. The van der Waals surface area contributed by atoms with Gasteiger partial charge in [-0.1, -0.05) is 17.4 Å². The molecule has 0 amide bonds. The van der Waals surface area contributed by atoms with Crippen LogP contribution in [-0.4, -0.2) is 40.1 Å². The Kier molecular flexibility index (Phi) is 6.12. The van der Waals surface area contributed by atoms with E-state index in [4.69, 9.17) is 4.74 Å². The van der Waals surface area contributed by atoms with Gasteiger partial charge < -0.3 is 15.4 Å². The van der Waals surface area contributed by atoms with Crippen LogP contribution >= 0.6 is 11.3 Å². The van der Waals surface area contributed by atoms with Crippen LogP contribution in [0.5, 0.6) is 0 Å². The third-order valence-electron chi connectivity index (χ3n) is 3.93. The molecule has 2 aromatic heterocycles. The van der Waals surface area contributed by atoms with E-state index in [1.165, 1.54) is 17.4 Å². The van der Waals surface area contributed by atoms with Crippen molar-refractivity contribution in [3.05, 3.63) is 51.8 Å². The summed E-state index contributed by atoms with van der Waals surface area (Å²) < 4.78 is 5.03. The fraction of sp³-hybridized carbons (Fsp3) is 0.278. The first-order chi connectivity index (χ1) is 13.5. The van der Waals surface area contributed by atoms with Crippen molar-refractivity contribution in [1.82, 2.24) is 15.0 Å². The first-order valence-corrected chi connectivity index (χ1v) is 9.35. The predicted molar refractivity (Wildman–Crippen MR) is 109 cm³/mol. The Morgan fingerprint density at radius 2 is 2.07 bits per heavy atom. The molecule has 3 aromatic rings. The van der Waals surface area contributed by atoms with E-state index in [9.17, 15) is 10.1 Å². The number of methoxy groups -OCH3 is 1. The van der Waals surface area contributed by atoms with Crippen LogP contribution in [0, 0.1) is 24.0 Å². The summed E-state index contributed by atoms with van der Waals surface area (Å²) in [6.07, 6.45) is 1.64. The number of anilines is 3. The van der Waals surface area contributed by atoms with Gasteiger partial charge in [0.05, 0.1) is 27.8 Å². The van der Waals surface area contributed by atoms with Gasteiger partial charge in [-0.15, -0.1) is 0 Å². The molecule has 0 aliphatic rings. The van der Waals surface area contributed by atoms with Gasteiger partial charge in [0, 0.05) is 37.2 Å². The molecule has 0 spiro atoms. The van der Waals surface area contributed by atoms with E-state index in [0.29, 0.717) is 30.4 Å². The maximum atomic E-state index is 11.1. The minimum Gasteiger partial charge on any atom is -0.383 e. The van der Waals surface area contributed by atoms with Crippen molar-refractivity contribution in [1.29, 1.82) is 0 Å². The molecular weight excluding hydrogens is 380 g/mol. The van der Waals surface area contributed by atoms with Crippen LogP contribution in [0.4, 0.5) is 22.5 Å². The standard InChI is InChI=1S/C18H20N6O3S/c1-11-4-5-13(10-15(11)24(25)26)22-17-19-7-6-14(23-17)16-12(2)21-18(28-16)20-8-9-27-3/h4-7,10H,8-9H2,1-3H3,(H,20,21)(H,19,22,23). The Morgan fingerprint density at radius 3 is 2.82 bits per heavy atom. The number of benzene rings is 1. The highest BCUT2D eigenvalue weighted by Gasteiger charge is 2.14. The molecule has 9 nitrogen and oxygen atoms in total. The van der Waals surface area contributed by atoms with Gasteiger partial charge >= 0.3 is 0 Å². The maximum Gasteiger partial charge on any atom is 0.274 e. The summed E-state index contributed by atoms with van der Waals surface area (Å²) in [7, 11) is 1.65. The molecule has 2 heterocycles. The van der Waals surface area contributed by atoms with Crippen LogP contribution in [0.3, 0.4) is 0 Å². The number of ether oxygens (including phenoxy) is 1. The van der Waals surface area contributed by atoms with Crippen LogP contribution in [0.15, 0.2) is 30.5 Å². The molecule has 0 fully saturated rings. The summed E-state index contributed by atoms with van der Waals surface area (Å²) in [5.41, 5.74) is 2.79. The average Bonchev–Trinajstić information content (AvgIpc) is 3.04. The Labute approximate surface area is 166 Å². The highest BCUT2D eigenvalue weighted by molar-refractivity contribution is 7.19. The molecule has 0 saturated heterocycles. The lowest BCUT2D eigenvalue weighted by Gasteiger charge is -2.07.